The molecule has 14 heavy (non-hydrogen) atoms. The van der Waals surface area contributed by atoms with E-state index in [1.54, 1.807) is 10.9 Å². The number of amides is 2. The summed E-state index contributed by atoms with van der Waals surface area (Å²) in [6, 6.07) is 1.86. The number of imide groups is 1. The van der Waals surface area contributed by atoms with Gasteiger partial charge in [0, 0.05) is 31.8 Å². The van der Waals surface area contributed by atoms with Gasteiger partial charge < -0.3 is 0 Å². The lowest BCUT2D eigenvalue weighted by Crippen LogP contribution is -2.23. The highest BCUT2D eigenvalue weighted by molar-refractivity contribution is 6.03. The number of aromatic nitrogens is 2. The van der Waals surface area contributed by atoms with Crippen molar-refractivity contribution < 1.29 is 9.59 Å². The zero-order valence-electron chi connectivity index (χ0n) is 7.86. The van der Waals surface area contributed by atoms with Crippen LogP contribution in [0.15, 0.2) is 12.3 Å². The summed E-state index contributed by atoms with van der Waals surface area (Å²) in [5.41, 5.74) is 0.972. The minimum Gasteiger partial charge on any atom is -0.296 e. The minimum absolute atomic E-state index is 0.170. The van der Waals surface area contributed by atoms with Crippen LogP contribution in [0.2, 0.25) is 0 Å². The molecule has 0 radical (unpaired) electrons. The molecule has 1 atom stereocenters. The Balaban J connectivity index is 2.09. The van der Waals surface area contributed by atoms with Crippen LogP contribution in [0.25, 0.3) is 0 Å². The molecule has 0 saturated carbocycles. The molecule has 1 aromatic heterocycles. The van der Waals surface area contributed by atoms with Gasteiger partial charge in [0.05, 0.1) is 5.92 Å². The monoisotopic (exact) mass is 193 g/mol. The Morgan fingerprint density at radius 3 is 2.93 bits per heavy atom. The molecule has 0 aliphatic carbocycles. The Labute approximate surface area is 81.1 Å². The molecule has 1 aliphatic rings. The predicted molar refractivity (Wildman–Crippen MR) is 48.2 cm³/mol. The molecule has 0 spiro atoms. The highest BCUT2D eigenvalue weighted by Crippen LogP contribution is 2.16. The van der Waals surface area contributed by atoms with Gasteiger partial charge in [0.25, 0.3) is 0 Å². The molecule has 1 unspecified atom stereocenters. The zero-order chi connectivity index (χ0) is 10.1. The molecule has 1 N–H and O–H groups in total. The number of carbonyl (C=O) groups excluding carboxylic acids is 2. The van der Waals surface area contributed by atoms with Crippen molar-refractivity contribution in [2.75, 3.05) is 0 Å². The van der Waals surface area contributed by atoms with Crippen molar-refractivity contribution in [3.63, 3.8) is 0 Å². The van der Waals surface area contributed by atoms with E-state index in [0.717, 1.165) is 5.69 Å². The number of rotatable bonds is 2. The average molecular weight is 193 g/mol. The molecule has 2 heterocycles. The minimum atomic E-state index is -0.224. The van der Waals surface area contributed by atoms with Crippen molar-refractivity contribution in [1.29, 1.82) is 0 Å². The van der Waals surface area contributed by atoms with E-state index in [-0.39, 0.29) is 17.7 Å². The van der Waals surface area contributed by atoms with Gasteiger partial charge in [-0.05, 0) is 6.07 Å². The van der Waals surface area contributed by atoms with Gasteiger partial charge in [-0.15, -0.1) is 0 Å². The standard InChI is InChI=1S/C9H11N3O2/c1-12-7(2-3-10-12)4-6-5-8(13)11-9(6)14/h2-3,6H,4-5H2,1H3,(H,11,13,14). The number of hydrogen-bond donors (Lipinski definition) is 1. The van der Waals surface area contributed by atoms with Crippen LogP contribution in [0.1, 0.15) is 12.1 Å². The lowest BCUT2D eigenvalue weighted by atomic mass is 10.0. The Kier molecular flexibility index (Phi) is 2.07. The van der Waals surface area contributed by atoms with Crippen LogP contribution >= 0.6 is 0 Å². The fourth-order valence-corrected chi connectivity index (χ4v) is 1.63. The van der Waals surface area contributed by atoms with Gasteiger partial charge in [-0.25, -0.2) is 0 Å². The van der Waals surface area contributed by atoms with Gasteiger partial charge in [-0.2, -0.15) is 5.10 Å². The summed E-state index contributed by atoms with van der Waals surface area (Å²) in [4.78, 5) is 22.2. The lowest BCUT2D eigenvalue weighted by Gasteiger charge is -2.05. The quantitative estimate of drug-likeness (QED) is 0.651. The average Bonchev–Trinajstić information content (AvgIpc) is 2.62. The maximum absolute atomic E-state index is 11.3. The summed E-state index contributed by atoms with van der Waals surface area (Å²) in [7, 11) is 1.82. The molecule has 1 saturated heterocycles. The second-order valence-electron chi connectivity index (χ2n) is 3.46. The Hall–Kier alpha value is -1.65. The number of nitrogens with zero attached hydrogens (tertiary/aromatic N) is 2. The first-order valence-electron chi connectivity index (χ1n) is 4.47. The van der Waals surface area contributed by atoms with E-state index in [2.05, 4.69) is 10.4 Å². The molecule has 1 aromatic rings. The van der Waals surface area contributed by atoms with Crippen molar-refractivity contribution >= 4 is 11.8 Å². The number of hydrogen-bond acceptors (Lipinski definition) is 3. The Bertz CT molecular complexity index is 383. The number of aryl methyl sites for hydroxylation is 1. The van der Waals surface area contributed by atoms with E-state index in [0.29, 0.717) is 12.8 Å². The SMILES string of the molecule is Cn1nccc1CC1CC(=O)NC1=O. The summed E-state index contributed by atoms with van der Waals surface area (Å²) >= 11 is 0. The van der Waals surface area contributed by atoms with Crippen LogP contribution in [0, 0.1) is 5.92 Å². The fourth-order valence-electron chi connectivity index (χ4n) is 1.63. The van der Waals surface area contributed by atoms with Crippen molar-refractivity contribution in [3.05, 3.63) is 18.0 Å². The summed E-state index contributed by atoms with van der Waals surface area (Å²) in [5, 5.41) is 6.29. The molecule has 2 rings (SSSR count). The van der Waals surface area contributed by atoms with Crippen molar-refractivity contribution in [1.82, 2.24) is 15.1 Å². The van der Waals surface area contributed by atoms with Gasteiger partial charge >= 0.3 is 0 Å². The summed E-state index contributed by atoms with van der Waals surface area (Å²) < 4.78 is 1.72. The maximum atomic E-state index is 11.3. The van der Waals surface area contributed by atoms with Crippen LogP contribution < -0.4 is 5.32 Å². The molecule has 2 amide bonds. The second-order valence-corrected chi connectivity index (χ2v) is 3.46. The summed E-state index contributed by atoms with van der Waals surface area (Å²) in [6.07, 6.45) is 2.56. The van der Waals surface area contributed by atoms with E-state index in [1.165, 1.54) is 0 Å². The molecular formula is C9H11N3O2. The molecule has 0 bridgehead atoms. The molecule has 5 heteroatoms. The smallest absolute Gasteiger partial charge is 0.230 e. The third-order valence-corrected chi connectivity index (χ3v) is 2.44. The number of nitrogens with one attached hydrogen (secondary N) is 1. The third kappa shape index (κ3) is 1.53. The molecule has 74 valence electrons. The highest BCUT2D eigenvalue weighted by atomic mass is 16.2. The molecule has 1 aliphatic heterocycles. The second kappa shape index (κ2) is 3.25. The Morgan fingerprint density at radius 1 is 1.64 bits per heavy atom. The topological polar surface area (TPSA) is 64.0 Å². The number of carbonyl (C=O) groups is 2. The third-order valence-electron chi connectivity index (χ3n) is 2.44. The first-order chi connectivity index (χ1) is 6.66. The fraction of sp³-hybridized carbons (Fsp3) is 0.444. The van der Waals surface area contributed by atoms with Crippen molar-refractivity contribution in [3.8, 4) is 0 Å². The van der Waals surface area contributed by atoms with Gasteiger partial charge in [-0.3, -0.25) is 19.6 Å². The predicted octanol–water partition coefficient (Wildman–Crippen LogP) is -0.375. The van der Waals surface area contributed by atoms with E-state index in [1.807, 2.05) is 13.1 Å². The molecule has 0 aromatic carbocycles. The van der Waals surface area contributed by atoms with E-state index in [9.17, 15) is 9.59 Å². The van der Waals surface area contributed by atoms with Crippen LogP contribution in [-0.2, 0) is 23.1 Å². The van der Waals surface area contributed by atoms with Crippen LogP contribution in [0.3, 0.4) is 0 Å². The van der Waals surface area contributed by atoms with Crippen LogP contribution in [0.4, 0.5) is 0 Å². The molecule has 1 fully saturated rings. The van der Waals surface area contributed by atoms with Gasteiger partial charge in [0.2, 0.25) is 11.8 Å². The first kappa shape index (κ1) is 8.93. The van der Waals surface area contributed by atoms with Crippen molar-refractivity contribution in [2.45, 2.75) is 12.8 Å². The van der Waals surface area contributed by atoms with Crippen molar-refractivity contribution in [2.24, 2.45) is 13.0 Å². The van der Waals surface area contributed by atoms with Crippen LogP contribution in [-0.4, -0.2) is 21.6 Å². The van der Waals surface area contributed by atoms with E-state index in [4.69, 9.17) is 0 Å². The summed E-state index contributed by atoms with van der Waals surface area (Å²) in [5.74, 6) is -0.573. The maximum Gasteiger partial charge on any atom is 0.230 e. The molecular weight excluding hydrogens is 182 g/mol. The van der Waals surface area contributed by atoms with E-state index < -0.39 is 0 Å². The normalized spacial score (nSPS) is 21.4. The molecule has 5 nitrogen and oxygen atoms in total. The zero-order valence-corrected chi connectivity index (χ0v) is 7.86. The first-order valence-corrected chi connectivity index (χ1v) is 4.47. The van der Waals surface area contributed by atoms with Gasteiger partial charge in [0.15, 0.2) is 0 Å². The van der Waals surface area contributed by atoms with Gasteiger partial charge in [0.1, 0.15) is 0 Å². The Morgan fingerprint density at radius 2 is 2.43 bits per heavy atom. The van der Waals surface area contributed by atoms with Crippen LogP contribution in [0.5, 0.6) is 0 Å². The van der Waals surface area contributed by atoms with E-state index >= 15 is 0 Å². The highest BCUT2D eigenvalue weighted by Gasteiger charge is 2.30. The summed E-state index contributed by atoms with van der Waals surface area (Å²) in [6.45, 7) is 0. The largest absolute Gasteiger partial charge is 0.296 e. The lowest BCUT2D eigenvalue weighted by molar-refractivity contribution is -0.125. The van der Waals surface area contributed by atoms with Gasteiger partial charge in [-0.1, -0.05) is 0 Å².